The molecule has 2 aromatic heterocycles. The second kappa shape index (κ2) is 22.6. The summed E-state index contributed by atoms with van der Waals surface area (Å²) in [7, 11) is 0. The Balaban J connectivity index is 1.05. The van der Waals surface area contributed by atoms with Gasteiger partial charge in [0.25, 0.3) is 6.71 Å². The van der Waals surface area contributed by atoms with Crippen LogP contribution in [0.25, 0.3) is 120 Å². The van der Waals surface area contributed by atoms with Crippen molar-refractivity contribution in [2.24, 2.45) is 0 Å². The first-order valence-corrected chi connectivity index (χ1v) is 32.3. The van der Waals surface area contributed by atoms with Gasteiger partial charge in [0.15, 0.2) is 11.4 Å². The van der Waals surface area contributed by atoms with E-state index in [0.29, 0.717) is 22.5 Å². The quantitative estimate of drug-likeness (QED) is 0.107. The molecule has 0 fully saturated rings. The Morgan fingerprint density at radius 1 is 0.299 bits per heavy atom. The van der Waals surface area contributed by atoms with Gasteiger partial charge < -0.3 is 18.9 Å². The number of rotatable bonds is 9. The molecule has 0 amide bonds. The molecule has 18 rings (SSSR count). The molecule has 0 aliphatic carbocycles. The third-order valence-corrected chi connectivity index (χ3v) is 19.5. The maximum absolute atomic E-state index is 10.5. The SMILES string of the molecule is [C-]#[N+]c1ccc2c(c1)c1cc(C#N)ccc1n2-c1ccc2c(c1)B1c3cc(-c4ccccc4)ccc3N(c3c(-c4ccccc4)cccc3-c3ccccc3)c3cc(-n4c5ccc(C#N)cc5c5cc([N+]#[C-])ccc54)cc(c31)N2c1c(-c2ccccc2)cccc1-c1ccccc1. The van der Waals surface area contributed by atoms with Crippen molar-refractivity contribution in [1.29, 1.82) is 10.5 Å². The lowest BCUT2D eigenvalue weighted by atomic mass is 9.33. The van der Waals surface area contributed by atoms with Crippen molar-refractivity contribution in [3.63, 3.8) is 0 Å². The van der Waals surface area contributed by atoms with Gasteiger partial charge in [0.2, 0.25) is 0 Å². The monoisotopic (exact) mass is 1230 g/mol. The Bertz CT molecular complexity index is 5850. The van der Waals surface area contributed by atoms with E-state index >= 15 is 0 Å². The predicted molar refractivity (Wildman–Crippen MR) is 398 cm³/mol. The molecule has 446 valence electrons. The Hall–Kier alpha value is -13.7. The largest absolute Gasteiger partial charge is 0.310 e. The highest BCUT2D eigenvalue weighted by molar-refractivity contribution is 7.00. The number of aromatic nitrogens is 2. The predicted octanol–water partition coefficient (Wildman–Crippen LogP) is 21.1. The van der Waals surface area contributed by atoms with E-state index in [1.807, 2.05) is 60.7 Å². The molecular formula is C88H51BN8. The zero-order valence-electron chi connectivity index (χ0n) is 52.1. The fraction of sp³-hybridized carbons (Fsp3) is 0. The van der Waals surface area contributed by atoms with Gasteiger partial charge in [0, 0.05) is 61.5 Å². The van der Waals surface area contributed by atoms with Gasteiger partial charge in [-0.3, -0.25) is 0 Å². The van der Waals surface area contributed by atoms with E-state index < -0.39 is 6.71 Å². The number of hydrogen-bond acceptors (Lipinski definition) is 4. The summed E-state index contributed by atoms with van der Waals surface area (Å²) in [4.78, 5) is 12.9. The van der Waals surface area contributed by atoms with Crippen molar-refractivity contribution in [2.45, 2.75) is 0 Å². The Morgan fingerprint density at radius 3 is 1.08 bits per heavy atom. The summed E-state index contributed by atoms with van der Waals surface area (Å²) in [5.74, 6) is 0. The normalized spacial score (nSPS) is 12.0. The minimum Gasteiger partial charge on any atom is -0.310 e. The van der Waals surface area contributed by atoms with E-state index in [4.69, 9.17) is 13.1 Å². The van der Waals surface area contributed by atoms with E-state index in [2.05, 4.69) is 289 Å². The van der Waals surface area contributed by atoms with Crippen molar-refractivity contribution >= 4 is 112 Å². The smallest absolute Gasteiger partial charge is 0.252 e. The van der Waals surface area contributed by atoms with Crippen LogP contribution in [-0.2, 0) is 0 Å². The summed E-state index contributed by atoms with van der Waals surface area (Å²) in [5, 5.41) is 24.4. The molecule has 0 spiro atoms. The molecule has 0 atom stereocenters. The van der Waals surface area contributed by atoms with E-state index in [1.54, 1.807) is 0 Å². The van der Waals surface area contributed by atoms with Crippen LogP contribution in [0.3, 0.4) is 0 Å². The van der Waals surface area contributed by atoms with Crippen LogP contribution >= 0.6 is 0 Å². The fourth-order valence-corrected chi connectivity index (χ4v) is 15.4. The molecule has 0 radical (unpaired) electrons. The highest BCUT2D eigenvalue weighted by atomic mass is 15.2. The molecular weight excluding hydrogens is 1180 g/mol. The molecule has 0 N–H and O–H groups in total. The van der Waals surface area contributed by atoms with Gasteiger partial charge in [-0.25, -0.2) is 9.69 Å². The average Bonchev–Trinajstić information content (AvgIpc) is 0.925. The van der Waals surface area contributed by atoms with Crippen LogP contribution < -0.4 is 26.2 Å². The molecule has 8 nitrogen and oxygen atoms in total. The highest BCUT2D eigenvalue weighted by Gasteiger charge is 2.46. The Labute approximate surface area is 560 Å². The number of anilines is 6. The maximum atomic E-state index is 10.5. The zero-order valence-corrected chi connectivity index (χ0v) is 52.1. The first-order valence-electron chi connectivity index (χ1n) is 32.3. The van der Waals surface area contributed by atoms with Crippen LogP contribution in [0, 0.1) is 35.8 Å². The summed E-state index contributed by atoms with van der Waals surface area (Å²) < 4.78 is 4.63. The molecule has 2 aliphatic heterocycles. The van der Waals surface area contributed by atoms with Crippen molar-refractivity contribution in [2.75, 3.05) is 9.80 Å². The summed E-state index contributed by atoms with van der Waals surface area (Å²) >= 11 is 0. The minimum atomic E-state index is -0.419. The summed E-state index contributed by atoms with van der Waals surface area (Å²) in [6, 6.07) is 114. The number of para-hydroxylation sites is 2. The van der Waals surface area contributed by atoms with Crippen molar-refractivity contribution in [1.82, 2.24) is 9.13 Å². The summed E-state index contributed by atoms with van der Waals surface area (Å²) in [5.41, 5.74) is 27.3. The molecule has 0 saturated heterocycles. The molecule has 9 heteroatoms. The van der Waals surface area contributed by atoms with Crippen LogP contribution in [0.5, 0.6) is 0 Å². The topological polar surface area (TPSA) is 72.6 Å². The molecule has 97 heavy (non-hydrogen) atoms. The van der Waals surface area contributed by atoms with Crippen molar-refractivity contribution < 1.29 is 0 Å². The van der Waals surface area contributed by atoms with Gasteiger partial charge >= 0.3 is 0 Å². The molecule has 0 bridgehead atoms. The van der Waals surface area contributed by atoms with E-state index in [1.165, 1.54) is 0 Å². The second-order valence-electron chi connectivity index (χ2n) is 24.7. The minimum absolute atomic E-state index is 0.419. The number of nitrogens with zero attached hydrogens (tertiary/aromatic N) is 8. The van der Waals surface area contributed by atoms with Gasteiger partial charge in [0.05, 0.1) is 75.5 Å². The maximum Gasteiger partial charge on any atom is 0.252 e. The lowest BCUT2D eigenvalue weighted by Gasteiger charge is -2.46. The number of fused-ring (bicyclic) bond motifs is 10. The van der Waals surface area contributed by atoms with E-state index in [0.717, 1.165) is 161 Å². The highest BCUT2D eigenvalue weighted by Crippen LogP contribution is 2.54. The van der Waals surface area contributed by atoms with Crippen LogP contribution in [0.2, 0.25) is 0 Å². The van der Waals surface area contributed by atoms with Crippen LogP contribution in [-0.4, -0.2) is 15.8 Å². The number of nitriles is 2. The van der Waals surface area contributed by atoms with Gasteiger partial charge in [-0.15, -0.1) is 0 Å². The molecule has 4 heterocycles. The summed E-state index contributed by atoms with van der Waals surface area (Å²) in [6.07, 6.45) is 0. The first-order chi connectivity index (χ1) is 47.9. The zero-order chi connectivity index (χ0) is 64.8. The van der Waals surface area contributed by atoms with E-state index in [-0.39, 0.29) is 0 Å². The summed E-state index contributed by atoms with van der Waals surface area (Å²) in [6.45, 7) is 16.0. The van der Waals surface area contributed by atoms with Gasteiger partial charge in [-0.05, 0) is 158 Å². The van der Waals surface area contributed by atoms with Crippen molar-refractivity contribution in [3.8, 4) is 79.1 Å². The second-order valence-corrected chi connectivity index (χ2v) is 24.7. The van der Waals surface area contributed by atoms with Gasteiger partial charge in [-0.2, -0.15) is 10.5 Å². The third kappa shape index (κ3) is 8.89. The Morgan fingerprint density at radius 2 is 0.670 bits per heavy atom. The number of benzene rings is 14. The van der Waals surface area contributed by atoms with Gasteiger partial charge in [0.1, 0.15) is 0 Å². The number of hydrogen-bond donors (Lipinski definition) is 0. The Kier molecular flexibility index (Phi) is 13.0. The average molecular weight is 1230 g/mol. The van der Waals surface area contributed by atoms with Crippen molar-refractivity contribution in [3.05, 3.63) is 343 Å². The lowest BCUT2D eigenvalue weighted by molar-refractivity contribution is 1.16. The molecule has 0 unspecified atom stereocenters. The first kappa shape index (κ1) is 56.1. The van der Waals surface area contributed by atoms with Crippen LogP contribution in [0.1, 0.15) is 11.1 Å². The molecule has 0 saturated carbocycles. The molecule has 14 aromatic carbocycles. The third-order valence-electron chi connectivity index (χ3n) is 19.5. The lowest BCUT2D eigenvalue weighted by Crippen LogP contribution is -2.61. The molecule has 2 aliphatic rings. The standard InChI is InChI=1S/C88H51BN8/c1-92-64-37-43-80-74(49-64)72-46-56(54-90)34-40-78(72)94(80)66-39-45-83-77(51-66)89-76-48-63(58-20-8-3-9-21-58)36-42-82(76)96(87-68(59-22-10-4-11-23-59)30-18-31-69(87)60-24-12-5-13-25-60)84-52-67(95-79-41-35-57(55-91)47-73(79)75-50-65(93-2)38-44-81(75)95)53-85(86(84)89)97(83)88-70(61-26-14-6-15-27-61)32-19-33-71(88)62-28-16-7-17-29-62/h3-53H. The van der Waals surface area contributed by atoms with E-state index in [9.17, 15) is 10.5 Å². The fourth-order valence-electron chi connectivity index (χ4n) is 15.4. The molecule has 16 aromatic rings. The van der Waals surface area contributed by atoms with Gasteiger partial charge in [-0.1, -0.05) is 212 Å². The van der Waals surface area contributed by atoms with Crippen LogP contribution in [0.15, 0.2) is 309 Å². The van der Waals surface area contributed by atoms with Crippen LogP contribution in [0.4, 0.5) is 45.5 Å².